The predicted octanol–water partition coefficient (Wildman–Crippen LogP) is 1.63. The van der Waals surface area contributed by atoms with Crippen molar-refractivity contribution in [2.45, 2.75) is 37.2 Å². The molecule has 0 unspecified atom stereocenters. The average molecular weight is 340 g/mol. The van der Waals surface area contributed by atoms with Gasteiger partial charge in [0.2, 0.25) is 10.0 Å². The first-order chi connectivity index (χ1) is 10.9. The number of benzene rings is 1. The van der Waals surface area contributed by atoms with Gasteiger partial charge in [0.1, 0.15) is 0 Å². The molecule has 0 saturated carbocycles. The second kappa shape index (κ2) is 7.90. The summed E-state index contributed by atoms with van der Waals surface area (Å²) < 4.78 is 32.1. The van der Waals surface area contributed by atoms with Crippen LogP contribution in [0.1, 0.15) is 36.5 Å². The molecule has 0 aromatic heterocycles. The highest BCUT2D eigenvalue weighted by atomic mass is 32.2. The van der Waals surface area contributed by atoms with E-state index < -0.39 is 10.0 Å². The van der Waals surface area contributed by atoms with Crippen LogP contribution in [-0.4, -0.2) is 52.1 Å². The van der Waals surface area contributed by atoms with Gasteiger partial charge in [0, 0.05) is 32.3 Å². The fraction of sp³-hybridized carbons (Fsp3) is 0.562. The zero-order valence-corrected chi connectivity index (χ0v) is 14.4. The van der Waals surface area contributed by atoms with Gasteiger partial charge in [-0.1, -0.05) is 6.92 Å². The van der Waals surface area contributed by atoms with Crippen molar-refractivity contribution in [2.75, 3.05) is 26.7 Å². The topological polar surface area (TPSA) is 75.7 Å². The standard InChI is InChI=1S/C16H24N2O4S/c1-3-10-17-23(20,21)15-8-6-13(7-9-15)16(19)18(2)12-14-5-4-11-22-14/h6-9,14,17H,3-5,10-12H2,1-2H3/t14-/m0/s1. The van der Waals surface area contributed by atoms with Crippen molar-refractivity contribution in [3.8, 4) is 0 Å². The van der Waals surface area contributed by atoms with Gasteiger partial charge in [-0.25, -0.2) is 13.1 Å². The van der Waals surface area contributed by atoms with Gasteiger partial charge in [-0.05, 0) is 43.5 Å². The minimum atomic E-state index is -3.50. The maximum Gasteiger partial charge on any atom is 0.253 e. The Morgan fingerprint density at radius 2 is 2.04 bits per heavy atom. The summed E-state index contributed by atoms with van der Waals surface area (Å²) in [6.07, 6.45) is 2.83. The molecule has 0 radical (unpaired) electrons. The molecule has 1 fully saturated rings. The molecule has 6 nitrogen and oxygen atoms in total. The van der Waals surface area contributed by atoms with E-state index in [1.807, 2.05) is 6.92 Å². The van der Waals surface area contributed by atoms with Crippen molar-refractivity contribution in [1.29, 1.82) is 0 Å². The molecule has 1 N–H and O–H groups in total. The maximum atomic E-state index is 12.4. The van der Waals surface area contributed by atoms with Gasteiger partial charge >= 0.3 is 0 Å². The smallest absolute Gasteiger partial charge is 0.253 e. The quantitative estimate of drug-likeness (QED) is 0.818. The molecule has 7 heteroatoms. The molecule has 1 amide bonds. The highest BCUT2D eigenvalue weighted by molar-refractivity contribution is 7.89. The molecule has 1 aliphatic heterocycles. The monoisotopic (exact) mass is 340 g/mol. The Labute approximate surface area is 137 Å². The maximum absolute atomic E-state index is 12.4. The Morgan fingerprint density at radius 3 is 2.61 bits per heavy atom. The van der Waals surface area contributed by atoms with E-state index in [0.717, 1.165) is 25.9 Å². The number of carbonyl (C=O) groups excluding carboxylic acids is 1. The molecular weight excluding hydrogens is 316 g/mol. The van der Waals surface area contributed by atoms with Crippen molar-refractivity contribution in [3.05, 3.63) is 29.8 Å². The molecule has 0 bridgehead atoms. The largest absolute Gasteiger partial charge is 0.376 e. The van der Waals surface area contributed by atoms with Crippen LogP contribution in [0.3, 0.4) is 0 Å². The third kappa shape index (κ3) is 4.76. The first-order valence-corrected chi connectivity index (χ1v) is 9.39. The van der Waals surface area contributed by atoms with Crippen LogP contribution in [0.15, 0.2) is 29.2 Å². The van der Waals surface area contributed by atoms with Crippen LogP contribution in [0.2, 0.25) is 0 Å². The summed E-state index contributed by atoms with van der Waals surface area (Å²) in [4.78, 5) is 14.2. The number of hydrogen-bond acceptors (Lipinski definition) is 4. The van der Waals surface area contributed by atoms with Crippen molar-refractivity contribution < 1.29 is 17.9 Å². The molecule has 1 aliphatic rings. The first kappa shape index (κ1) is 17.9. The molecule has 1 aromatic rings. The van der Waals surface area contributed by atoms with Gasteiger partial charge < -0.3 is 9.64 Å². The van der Waals surface area contributed by atoms with Gasteiger partial charge in [0.25, 0.3) is 5.91 Å². The molecule has 1 aromatic carbocycles. The highest BCUT2D eigenvalue weighted by Crippen LogP contribution is 2.15. The molecule has 1 atom stereocenters. The Hall–Kier alpha value is -1.44. The number of rotatable bonds is 7. The van der Waals surface area contributed by atoms with E-state index in [-0.39, 0.29) is 16.9 Å². The summed E-state index contributed by atoms with van der Waals surface area (Å²) in [6.45, 7) is 3.60. The Balaban J connectivity index is 2.01. The molecule has 0 aliphatic carbocycles. The lowest BCUT2D eigenvalue weighted by atomic mass is 10.2. The molecule has 1 saturated heterocycles. The van der Waals surface area contributed by atoms with Crippen LogP contribution >= 0.6 is 0 Å². The van der Waals surface area contributed by atoms with Crippen molar-refractivity contribution >= 4 is 15.9 Å². The second-order valence-electron chi connectivity index (χ2n) is 5.74. The van der Waals surface area contributed by atoms with E-state index in [2.05, 4.69) is 4.72 Å². The van der Waals surface area contributed by atoms with Crippen molar-refractivity contribution in [2.24, 2.45) is 0 Å². The number of hydrogen-bond donors (Lipinski definition) is 1. The van der Waals surface area contributed by atoms with E-state index in [1.165, 1.54) is 12.1 Å². The van der Waals surface area contributed by atoms with E-state index in [9.17, 15) is 13.2 Å². The van der Waals surface area contributed by atoms with Gasteiger partial charge in [-0.15, -0.1) is 0 Å². The third-order valence-corrected chi connectivity index (χ3v) is 5.28. The normalized spacial score (nSPS) is 18.1. The molecule has 23 heavy (non-hydrogen) atoms. The molecule has 2 rings (SSSR count). The summed E-state index contributed by atoms with van der Waals surface area (Å²) in [5.74, 6) is -0.133. The Morgan fingerprint density at radius 1 is 1.35 bits per heavy atom. The van der Waals surface area contributed by atoms with Gasteiger partial charge in [-0.2, -0.15) is 0 Å². The SMILES string of the molecule is CCCNS(=O)(=O)c1ccc(C(=O)N(C)C[C@@H]2CCCO2)cc1. The first-order valence-electron chi connectivity index (χ1n) is 7.91. The minimum absolute atomic E-state index is 0.0989. The minimum Gasteiger partial charge on any atom is -0.376 e. The molecule has 1 heterocycles. The summed E-state index contributed by atoms with van der Waals surface area (Å²) in [5, 5.41) is 0. The summed E-state index contributed by atoms with van der Waals surface area (Å²) in [5.41, 5.74) is 0.472. The summed E-state index contributed by atoms with van der Waals surface area (Å²) in [6, 6.07) is 6.03. The van der Waals surface area contributed by atoms with Crippen LogP contribution in [0.5, 0.6) is 0 Å². The zero-order valence-electron chi connectivity index (χ0n) is 13.6. The van der Waals surface area contributed by atoms with E-state index in [1.54, 1.807) is 24.1 Å². The number of nitrogens with one attached hydrogen (secondary N) is 1. The lowest BCUT2D eigenvalue weighted by Crippen LogP contribution is -2.34. The lowest BCUT2D eigenvalue weighted by molar-refractivity contribution is 0.0587. The van der Waals surface area contributed by atoms with Crippen LogP contribution in [0, 0.1) is 0 Å². The molecule has 0 spiro atoms. The van der Waals surface area contributed by atoms with E-state index in [0.29, 0.717) is 18.7 Å². The number of nitrogens with zero attached hydrogens (tertiary/aromatic N) is 1. The van der Waals surface area contributed by atoms with Crippen LogP contribution < -0.4 is 4.72 Å². The van der Waals surface area contributed by atoms with Crippen LogP contribution in [0.25, 0.3) is 0 Å². The fourth-order valence-corrected chi connectivity index (χ4v) is 3.63. The average Bonchev–Trinajstić information content (AvgIpc) is 3.05. The van der Waals surface area contributed by atoms with Crippen molar-refractivity contribution in [3.63, 3.8) is 0 Å². The fourth-order valence-electron chi connectivity index (χ4n) is 2.49. The second-order valence-corrected chi connectivity index (χ2v) is 7.51. The van der Waals surface area contributed by atoms with Crippen LogP contribution in [0.4, 0.5) is 0 Å². The summed E-state index contributed by atoms with van der Waals surface area (Å²) in [7, 11) is -1.77. The van der Waals surface area contributed by atoms with Gasteiger partial charge in [0.05, 0.1) is 11.0 Å². The van der Waals surface area contributed by atoms with Crippen LogP contribution in [-0.2, 0) is 14.8 Å². The Bertz CT molecular complexity index is 622. The van der Waals surface area contributed by atoms with E-state index in [4.69, 9.17) is 4.74 Å². The van der Waals surface area contributed by atoms with Crippen molar-refractivity contribution in [1.82, 2.24) is 9.62 Å². The van der Waals surface area contributed by atoms with Gasteiger partial charge in [0.15, 0.2) is 0 Å². The number of likely N-dealkylation sites (N-methyl/N-ethyl adjacent to an activating group) is 1. The number of sulfonamides is 1. The molecule has 128 valence electrons. The molecular formula is C16H24N2O4S. The lowest BCUT2D eigenvalue weighted by Gasteiger charge is -2.21. The number of amides is 1. The number of ether oxygens (including phenoxy) is 1. The highest BCUT2D eigenvalue weighted by Gasteiger charge is 2.21. The zero-order chi connectivity index (χ0) is 16.9. The summed E-state index contributed by atoms with van der Waals surface area (Å²) >= 11 is 0. The third-order valence-electron chi connectivity index (χ3n) is 3.80. The van der Waals surface area contributed by atoms with Gasteiger partial charge in [-0.3, -0.25) is 4.79 Å². The Kier molecular flexibility index (Phi) is 6.15. The predicted molar refractivity (Wildman–Crippen MR) is 87.9 cm³/mol. The number of carbonyl (C=O) groups is 1. The van der Waals surface area contributed by atoms with E-state index >= 15 is 0 Å².